The fraction of sp³-hybridized carbons (Fsp3) is 0.385. The van der Waals surface area contributed by atoms with Gasteiger partial charge in [0.15, 0.2) is 0 Å². The summed E-state index contributed by atoms with van der Waals surface area (Å²) >= 11 is 3.03. The highest BCUT2D eigenvalue weighted by Gasteiger charge is 2.16. The van der Waals surface area contributed by atoms with Crippen LogP contribution >= 0.6 is 15.9 Å². The molecule has 0 fully saturated rings. The van der Waals surface area contributed by atoms with Crippen molar-refractivity contribution in [3.8, 4) is 0 Å². The van der Waals surface area contributed by atoms with E-state index < -0.39 is 11.8 Å². The molecule has 0 saturated carbocycles. The van der Waals surface area contributed by atoms with Crippen molar-refractivity contribution in [3.63, 3.8) is 0 Å². The first-order valence-electron chi connectivity index (χ1n) is 5.87. The fourth-order valence-electron chi connectivity index (χ4n) is 1.66. The summed E-state index contributed by atoms with van der Waals surface area (Å²) in [7, 11) is 0. The summed E-state index contributed by atoms with van der Waals surface area (Å²) in [5.41, 5.74) is 0.525. The number of benzene rings is 1. The van der Waals surface area contributed by atoms with Crippen LogP contribution in [0.4, 0.5) is 4.39 Å². The Balaban J connectivity index is 2.74. The lowest BCUT2D eigenvalue weighted by Crippen LogP contribution is -2.37. The number of halogens is 2. The van der Waals surface area contributed by atoms with Gasteiger partial charge in [-0.1, -0.05) is 13.0 Å². The van der Waals surface area contributed by atoms with Crippen LogP contribution in [0, 0.1) is 5.82 Å². The molecule has 1 rings (SSSR count). The molecule has 0 bridgehead atoms. The number of carbonyl (C=O) groups is 2. The van der Waals surface area contributed by atoms with Crippen molar-refractivity contribution in [3.05, 3.63) is 34.1 Å². The van der Waals surface area contributed by atoms with Gasteiger partial charge in [0.05, 0.1) is 10.9 Å². The van der Waals surface area contributed by atoms with Crippen LogP contribution in [0.15, 0.2) is 22.7 Å². The van der Waals surface area contributed by atoms with Crippen LogP contribution < -0.4 is 0 Å². The Morgan fingerprint density at radius 1 is 1.42 bits per heavy atom. The number of carboxylic acid groups (broad SMARTS) is 1. The maximum atomic E-state index is 13.3. The summed E-state index contributed by atoms with van der Waals surface area (Å²) in [6, 6.07) is 4.43. The fourth-order valence-corrected chi connectivity index (χ4v) is 1.91. The van der Waals surface area contributed by atoms with Crippen LogP contribution in [0.25, 0.3) is 0 Å². The van der Waals surface area contributed by atoms with Crippen LogP contribution in [-0.2, 0) is 16.0 Å². The molecule has 0 saturated heterocycles. The largest absolute Gasteiger partial charge is 0.480 e. The van der Waals surface area contributed by atoms with E-state index in [0.29, 0.717) is 23.0 Å². The highest BCUT2D eigenvalue weighted by Crippen LogP contribution is 2.17. The van der Waals surface area contributed by atoms with Gasteiger partial charge < -0.3 is 10.0 Å². The van der Waals surface area contributed by atoms with Gasteiger partial charge in [-0.25, -0.2) is 4.39 Å². The molecule has 0 spiro atoms. The summed E-state index contributed by atoms with van der Waals surface area (Å²) in [5, 5.41) is 8.75. The lowest BCUT2D eigenvalue weighted by atomic mass is 10.1. The Hall–Kier alpha value is -1.43. The van der Waals surface area contributed by atoms with E-state index in [2.05, 4.69) is 15.9 Å². The first-order valence-corrected chi connectivity index (χ1v) is 6.66. The van der Waals surface area contributed by atoms with Gasteiger partial charge in [0.25, 0.3) is 0 Å². The van der Waals surface area contributed by atoms with Gasteiger partial charge in [-0.15, -0.1) is 0 Å². The molecule has 0 aliphatic carbocycles. The zero-order chi connectivity index (χ0) is 14.4. The SMILES string of the molecule is CCCN(CC(=O)O)C(=O)Cc1ccc(Br)c(F)c1. The minimum Gasteiger partial charge on any atom is -0.480 e. The third kappa shape index (κ3) is 4.98. The van der Waals surface area contributed by atoms with E-state index in [-0.39, 0.29) is 18.9 Å². The van der Waals surface area contributed by atoms with Gasteiger partial charge in [0.2, 0.25) is 5.91 Å². The lowest BCUT2D eigenvalue weighted by molar-refractivity contribution is -0.144. The summed E-state index contributed by atoms with van der Waals surface area (Å²) in [6.07, 6.45) is 0.672. The molecular weight excluding hydrogens is 317 g/mol. The number of rotatable bonds is 6. The van der Waals surface area contributed by atoms with E-state index in [1.165, 1.54) is 17.0 Å². The highest BCUT2D eigenvalue weighted by atomic mass is 79.9. The molecule has 0 radical (unpaired) electrons. The number of amides is 1. The molecule has 0 aromatic heterocycles. The van der Waals surface area contributed by atoms with Gasteiger partial charge in [-0.2, -0.15) is 0 Å². The summed E-state index contributed by atoms with van der Waals surface area (Å²) in [5.74, 6) is -1.81. The van der Waals surface area contributed by atoms with E-state index in [1.807, 2.05) is 6.92 Å². The molecule has 19 heavy (non-hydrogen) atoms. The molecule has 0 aliphatic rings. The third-order valence-electron chi connectivity index (χ3n) is 2.51. The molecule has 0 unspecified atom stereocenters. The average Bonchev–Trinajstić information content (AvgIpc) is 2.33. The van der Waals surface area contributed by atoms with E-state index in [4.69, 9.17) is 5.11 Å². The number of hydrogen-bond donors (Lipinski definition) is 1. The van der Waals surface area contributed by atoms with Gasteiger partial charge in [0, 0.05) is 6.54 Å². The number of aliphatic carboxylic acids is 1. The number of nitrogens with zero attached hydrogens (tertiary/aromatic N) is 1. The lowest BCUT2D eigenvalue weighted by Gasteiger charge is -2.20. The van der Waals surface area contributed by atoms with Gasteiger partial charge in [-0.05, 0) is 40.0 Å². The zero-order valence-corrected chi connectivity index (χ0v) is 12.1. The summed E-state index contributed by atoms with van der Waals surface area (Å²) < 4.78 is 13.7. The van der Waals surface area contributed by atoms with Crippen molar-refractivity contribution in [2.45, 2.75) is 19.8 Å². The quantitative estimate of drug-likeness (QED) is 0.871. The number of hydrogen-bond acceptors (Lipinski definition) is 2. The average molecular weight is 332 g/mol. The summed E-state index contributed by atoms with van der Waals surface area (Å²) in [6.45, 7) is 1.91. The molecule has 1 amide bonds. The minimum absolute atomic E-state index is 0.00250. The maximum absolute atomic E-state index is 13.3. The second-order valence-corrected chi connectivity index (χ2v) is 4.99. The second-order valence-electron chi connectivity index (χ2n) is 4.13. The molecule has 104 valence electrons. The van der Waals surface area contributed by atoms with Crippen LogP contribution in [0.1, 0.15) is 18.9 Å². The van der Waals surface area contributed by atoms with E-state index in [1.54, 1.807) is 6.07 Å². The van der Waals surface area contributed by atoms with Crippen molar-refractivity contribution in [2.24, 2.45) is 0 Å². The normalized spacial score (nSPS) is 10.3. The Kier molecular flexibility index (Phi) is 5.95. The number of carboxylic acids is 1. The van der Waals surface area contributed by atoms with Gasteiger partial charge in [-0.3, -0.25) is 9.59 Å². The first-order chi connectivity index (χ1) is 8.93. The van der Waals surface area contributed by atoms with Crippen molar-refractivity contribution in [2.75, 3.05) is 13.1 Å². The highest BCUT2D eigenvalue weighted by molar-refractivity contribution is 9.10. The minimum atomic E-state index is -1.05. The molecule has 6 heteroatoms. The molecule has 0 heterocycles. The Labute approximate surface area is 119 Å². The predicted molar refractivity (Wildman–Crippen MR) is 72.3 cm³/mol. The summed E-state index contributed by atoms with van der Waals surface area (Å²) in [4.78, 5) is 23.9. The Morgan fingerprint density at radius 2 is 2.11 bits per heavy atom. The maximum Gasteiger partial charge on any atom is 0.323 e. The van der Waals surface area contributed by atoms with Gasteiger partial charge in [0.1, 0.15) is 12.4 Å². The van der Waals surface area contributed by atoms with Crippen molar-refractivity contribution >= 4 is 27.8 Å². The van der Waals surface area contributed by atoms with Gasteiger partial charge >= 0.3 is 5.97 Å². The molecular formula is C13H15BrFNO3. The van der Waals surface area contributed by atoms with E-state index >= 15 is 0 Å². The van der Waals surface area contributed by atoms with Crippen LogP contribution in [0.5, 0.6) is 0 Å². The Bertz CT molecular complexity index is 479. The monoisotopic (exact) mass is 331 g/mol. The number of carbonyl (C=O) groups excluding carboxylic acids is 1. The predicted octanol–water partition coefficient (Wildman–Crippen LogP) is 2.45. The van der Waals surface area contributed by atoms with Crippen LogP contribution in [0.3, 0.4) is 0 Å². The topological polar surface area (TPSA) is 57.6 Å². The molecule has 1 aromatic carbocycles. The molecule has 0 atom stereocenters. The zero-order valence-electron chi connectivity index (χ0n) is 10.5. The van der Waals surface area contributed by atoms with E-state index in [9.17, 15) is 14.0 Å². The first kappa shape index (κ1) is 15.6. The molecule has 0 aliphatic heterocycles. The Morgan fingerprint density at radius 3 is 2.63 bits per heavy atom. The standard InChI is InChI=1S/C13H15BrFNO3/c1-2-5-16(8-13(18)19)12(17)7-9-3-4-10(14)11(15)6-9/h3-4,6H,2,5,7-8H2,1H3,(H,18,19). The molecule has 1 N–H and O–H groups in total. The smallest absolute Gasteiger partial charge is 0.323 e. The van der Waals surface area contributed by atoms with E-state index in [0.717, 1.165) is 0 Å². The van der Waals surface area contributed by atoms with Crippen molar-refractivity contribution in [1.29, 1.82) is 0 Å². The van der Waals surface area contributed by atoms with Crippen molar-refractivity contribution < 1.29 is 19.1 Å². The molecule has 1 aromatic rings. The third-order valence-corrected chi connectivity index (χ3v) is 3.15. The second kappa shape index (κ2) is 7.23. The molecule has 4 nitrogen and oxygen atoms in total. The van der Waals surface area contributed by atoms with Crippen LogP contribution in [-0.4, -0.2) is 35.0 Å². The van der Waals surface area contributed by atoms with Crippen molar-refractivity contribution in [1.82, 2.24) is 4.90 Å². The van der Waals surface area contributed by atoms with Crippen LogP contribution in [0.2, 0.25) is 0 Å².